The van der Waals surface area contributed by atoms with Crippen LogP contribution in [0.25, 0.3) is 0 Å². The average Bonchev–Trinajstić information content (AvgIpc) is 2.27. The molecule has 92 valence electrons. The van der Waals surface area contributed by atoms with Gasteiger partial charge in [-0.25, -0.2) is 4.98 Å². The van der Waals surface area contributed by atoms with E-state index in [1.165, 1.54) is 0 Å². The zero-order chi connectivity index (χ0) is 13.1. The van der Waals surface area contributed by atoms with E-state index in [-0.39, 0.29) is 5.91 Å². The van der Waals surface area contributed by atoms with Gasteiger partial charge in [-0.05, 0) is 37.3 Å². The van der Waals surface area contributed by atoms with Crippen molar-refractivity contribution in [2.75, 3.05) is 5.32 Å². The maximum absolute atomic E-state index is 12.0. The Morgan fingerprint density at radius 2 is 1.83 bits per heavy atom. The molecule has 0 atom stereocenters. The van der Waals surface area contributed by atoms with Gasteiger partial charge in [-0.2, -0.15) is 0 Å². The number of nitrogens with one attached hydrogen (secondary N) is 1. The summed E-state index contributed by atoms with van der Waals surface area (Å²) < 4.78 is 0. The molecule has 0 radical (unpaired) electrons. The van der Waals surface area contributed by atoms with Gasteiger partial charge >= 0.3 is 0 Å². The zero-order valence-electron chi connectivity index (χ0n) is 9.58. The van der Waals surface area contributed by atoms with Crippen molar-refractivity contribution >= 4 is 34.9 Å². The lowest BCUT2D eigenvalue weighted by atomic mass is 10.2. The first-order chi connectivity index (χ1) is 8.54. The van der Waals surface area contributed by atoms with Gasteiger partial charge in [0.15, 0.2) is 0 Å². The van der Waals surface area contributed by atoms with E-state index in [2.05, 4.69) is 10.3 Å². The van der Waals surface area contributed by atoms with Gasteiger partial charge < -0.3 is 5.32 Å². The molecule has 1 aromatic carbocycles. The summed E-state index contributed by atoms with van der Waals surface area (Å²) in [7, 11) is 0. The van der Waals surface area contributed by atoms with Crippen LogP contribution in [0.4, 0.5) is 5.82 Å². The molecule has 0 aliphatic carbocycles. The molecule has 0 fully saturated rings. The fraction of sp³-hybridized carbons (Fsp3) is 0.0769. The first kappa shape index (κ1) is 12.9. The summed E-state index contributed by atoms with van der Waals surface area (Å²) in [5, 5.41) is 3.53. The van der Waals surface area contributed by atoms with Gasteiger partial charge in [-0.3, -0.25) is 4.79 Å². The fourth-order valence-electron chi connectivity index (χ4n) is 1.49. The summed E-state index contributed by atoms with van der Waals surface area (Å²) in [5.74, 6) is 0.202. The van der Waals surface area contributed by atoms with Crippen molar-refractivity contribution in [1.82, 2.24) is 4.98 Å². The van der Waals surface area contributed by atoms with Crippen LogP contribution in [0.2, 0.25) is 10.0 Å². The average molecular weight is 281 g/mol. The number of hydrogen-bond donors (Lipinski definition) is 1. The van der Waals surface area contributed by atoms with Crippen molar-refractivity contribution in [3.05, 3.63) is 57.7 Å². The third-order valence-electron chi connectivity index (χ3n) is 2.25. The number of halogens is 2. The number of carbonyl (C=O) groups excluding carboxylic acids is 1. The molecule has 1 heterocycles. The van der Waals surface area contributed by atoms with Crippen molar-refractivity contribution < 1.29 is 4.79 Å². The Hall–Kier alpha value is -1.58. The second kappa shape index (κ2) is 5.38. The largest absolute Gasteiger partial charge is 0.307 e. The fourth-order valence-corrected chi connectivity index (χ4v) is 2.01. The third kappa shape index (κ3) is 3.22. The Kier molecular flexibility index (Phi) is 3.84. The van der Waals surface area contributed by atoms with Crippen molar-refractivity contribution in [3.63, 3.8) is 0 Å². The first-order valence-corrected chi connectivity index (χ1v) is 6.01. The van der Waals surface area contributed by atoms with Crippen LogP contribution in [-0.4, -0.2) is 10.9 Å². The topological polar surface area (TPSA) is 42.0 Å². The number of hydrogen-bond acceptors (Lipinski definition) is 2. The van der Waals surface area contributed by atoms with E-state index in [9.17, 15) is 4.79 Å². The van der Waals surface area contributed by atoms with Crippen molar-refractivity contribution in [1.29, 1.82) is 0 Å². The number of aromatic nitrogens is 1. The van der Waals surface area contributed by atoms with Crippen molar-refractivity contribution in [3.8, 4) is 0 Å². The van der Waals surface area contributed by atoms with Crippen LogP contribution in [-0.2, 0) is 0 Å². The summed E-state index contributed by atoms with van der Waals surface area (Å²) in [6.45, 7) is 1.85. The second-order valence-electron chi connectivity index (χ2n) is 3.78. The molecule has 0 aliphatic heterocycles. The molecule has 0 bridgehead atoms. The summed E-state index contributed by atoms with van der Waals surface area (Å²) in [6.07, 6.45) is 0. The van der Waals surface area contributed by atoms with Gasteiger partial charge in [0.25, 0.3) is 5.91 Å². The molecule has 0 spiro atoms. The van der Waals surface area contributed by atoms with E-state index in [0.717, 1.165) is 5.69 Å². The lowest BCUT2D eigenvalue weighted by Gasteiger charge is -2.06. The monoisotopic (exact) mass is 280 g/mol. The van der Waals surface area contributed by atoms with Gasteiger partial charge in [-0.1, -0.05) is 29.3 Å². The smallest absolute Gasteiger partial charge is 0.256 e. The molecule has 1 amide bonds. The number of carbonyl (C=O) groups is 1. The van der Waals surface area contributed by atoms with E-state index in [0.29, 0.717) is 21.4 Å². The highest BCUT2D eigenvalue weighted by molar-refractivity contribution is 6.35. The molecule has 2 rings (SSSR count). The highest BCUT2D eigenvalue weighted by atomic mass is 35.5. The molecule has 18 heavy (non-hydrogen) atoms. The maximum atomic E-state index is 12.0. The standard InChI is InChI=1S/C13H10Cl2N2O/c1-8-3-2-4-12(16-8)17-13(18)9-5-10(14)7-11(15)6-9/h2-7H,1H3,(H,16,17,18). The predicted molar refractivity (Wildman–Crippen MR) is 73.4 cm³/mol. The van der Waals surface area contributed by atoms with E-state index >= 15 is 0 Å². The van der Waals surface area contributed by atoms with Crippen molar-refractivity contribution in [2.24, 2.45) is 0 Å². The van der Waals surface area contributed by atoms with Crippen LogP contribution in [0.1, 0.15) is 16.1 Å². The SMILES string of the molecule is Cc1cccc(NC(=O)c2cc(Cl)cc(Cl)c2)n1. The van der Waals surface area contributed by atoms with Gasteiger partial charge in [0, 0.05) is 21.3 Å². The molecule has 1 aromatic heterocycles. The van der Waals surface area contributed by atoms with E-state index < -0.39 is 0 Å². The lowest BCUT2D eigenvalue weighted by molar-refractivity contribution is 0.102. The zero-order valence-corrected chi connectivity index (χ0v) is 11.1. The van der Waals surface area contributed by atoms with Crippen LogP contribution >= 0.6 is 23.2 Å². The van der Waals surface area contributed by atoms with E-state index in [1.807, 2.05) is 19.1 Å². The number of anilines is 1. The molecule has 2 aromatic rings. The molecular weight excluding hydrogens is 271 g/mol. The molecule has 0 unspecified atom stereocenters. The minimum Gasteiger partial charge on any atom is -0.307 e. The Morgan fingerprint density at radius 1 is 1.17 bits per heavy atom. The van der Waals surface area contributed by atoms with Crippen molar-refractivity contribution in [2.45, 2.75) is 6.92 Å². The number of benzene rings is 1. The highest BCUT2D eigenvalue weighted by Gasteiger charge is 2.08. The van der Waals surface area contributed by atoms with E-state index in [4.69, 9.17) is 23.2 Å². The van der Waals surface area contributed by atoms with Crippen LogP contribution in [0.3, 0.4) is 0 Å². The summed E-state index contributed by atoms with van der Waals surface area (Å²) in [4.78, 5) is 16.1. The Morgan fingerprint density at radius 3 is 2.44 bits per heavy atom. The summed E-state index contributed by atoms with van der Waals surface area (Å²) in [5.41, 5.74) is 1.23. The van der Waals surface area contributed by atoms with Crippen LogP contribution in [0.5, 0.6) is 0 Å². The lowest BCUT2D eigenvalue weighted by Crippen LogP contribution is -2.13. The number of aryl methyl sites for hydroxylation is 1. The Balaban J connectivity index is 2.22. The third-order valence-corrected chi connectivity index (χ3v) is 2.69. The first-order valence-electron chi connectivity index (χ1n) is 5.26. The number of rotatable bonds is 2. The molecule has 0 saturated heterocycles. The number of amides is 1. The summed E-state index contributed by atoms with van der Waals surface area (Å²) >= 11 is 11.7. The van der Waals surface area contributed by atoms with Crippen LogP contribution in [0.15, 0.2) is 36.4 Å². The molecular formula is C13H10Cl2N2O. The Bertz CT molecular complexity index is 579. The van der Waals surface area contributed by atoms with Gasteiger partial charge in [-0.15, -0.1) is 0 Å². The highest BCUT2D eigenvalue weighted by Crippen LogP contribution is 2.19. The number of pyridine rings is 1. The normalized spacial score (nSPS) is 10.2. The molecule has 1 N–H and O–H groups in total. The molecule has 0 saturated carbocycles. The Labute approximate surface area is 115 Å². The minimum absolute atomic E-state index is 0.294. The molecule has 3 nitrogen and oxygen atoms in total. The molecule has 5 heteroatoms. The van der Waals surface area contributed by atoms with Gasteiger partial charge in [0.2, 0.25) is 0 Å². The van der Waals surface area contributed by atoms with Gasteiger partial charge in [0.05, 0.1) is 0 Å². The van der Waals surface area contributed by atoms with Crippen LogP contribution < -0.4 is 5.32 Å². The van der Waals surface area contributed by atoms with Gasteiger partial charge in [0.1, 0.15) is 5.82 Å². The second-order valence-corrected chi connectivity index (χ2v) is 4.65. The van der Waals surface area contributed by atoms with E-state index in [1.54, 1.807) is 24.3 Å². The quantitative estimate of drug-likeness (QED) is 0.905. The predicted octanol–water partition coefficient (Wildman–Crippen LogP) is 3.95. The minimum atomic E-state index is -0.294. The maximum Gasteiger partial charge on any atom is 0.256 e. The summed E-state index contributed by atoms with van der Waals surface area (Å²) in [6, 6.07) is 10.1. The number of nitrogens with zero attached hydrogens (tertiary/aromatic N) is 1. The van der Waals surface area contributed by atoms with Crippen LogP contribution in [0, 0.1) is 6.92 Å². The molecule has 0 aliphatic rings.